The standard InChI is InChI=1S/C18H28N2O2/c1-13-6-4-8-17(14(13)2)22-11-9-18(21)20-10-5-7-16(12-20)15(3)19/h4,6,8,15-16H,5,7,9-12,19H2,1-3H3/t15-,16-/m0/s1. The molecule has 0 saturated carbocycles. The Morgan fingerprint density at radius 3 is 2.95 bits per heavy atom. The molecule has 4 heteroatoms. The normalized spacial score (nSPS) is 19.8. The van der Waals surface area contributed by atoms with Gasteiger partial charge in [-0.05, 0) is 56.7 Å². The highest BCUT2D eigenvalue weighted by molar-refractivity contribution is 5.76. The quantitative estimate of drug-likeness (QED) is 0.910. The van der Waals surface area contributed by atoms with Crippen LogP contribution in [0.1, 0.15) is 37.3 Å². The molecule has 1 aliphatic heterocycles. The van der Waals surface area contributed by atoms with E-state index in [-0.39, 0.29) is 11.9 Å². The Morgan fingerprint density at radius 1 is 1.45 bits per heavy atom. The topological polar surface area (TPSA) is 55.6 Å². The number of amides is 1. The Hall–Kier alpha value is -1.55. The van der Waals surface area contributed by atoms with Crippen LogP contribution in [0.15, 0.2) is 18.2 Å². The molecule has 4 nitrogen and oxygen atoms in total. The number of nitrogens with two attached hydrogens (primary N) is 1. The third kappa shape index (κ3) is 4.23. The molecule has 122 valence electrons. The van der Waals surface area contributed by atoms with Gasteiger partial charge in [0.25, 0.3) is 0 Å². The van der Waals surface area contributed by atoms with Crippen molar-refractivity contribution in [1.29, 1.82) is 0 Å². The molecule has 2 N–H and O–H groups in total. The summed E-state index contributed by atoms with van der Waals surface area (Å²) in [7, 11) is 0. The van der Waals surface area contributed by atoms with Crippen molar-refractivity contribution >= 4 is 5.91 Å². The van der Waals surface area contributed by atoms with E-state index in [9.17, 15) is 4.79 Å². The van der Waals surface area contributed by atoms with Crippen LogP contribution in [0, 0.1) is 19.8 Å². The average Bonchev–Trinajstić information content (AvgIpc) is 2.51. The molecule has 1 fully saturated rings. The van der Waals surface area contributed by atoms with Gasteiger partial charge >= 0.3 is 0 Å². The van der Waals surface area contributed by atoms with Gasteiger partial charge in [-0.15, -0.1) is 0 Å². The van der Waals surface area contributed by atoms with Crippen molar-refractivity contribution < 1.29 is 9.53 Å². The van der Waals surface area contributed by atoms with E-state index < -0.39 is 0 Å². The van der Waals surface area contributed by atoms with Crippen LogP contribution in [0.2, 0.25) is 0 Å². The summed E-state index contributed by atoms with van der Waals surface area (Å²) in [5.74, 6) is 1.48. The first-order valence-electron chi connectivity index (χ1n) is 8.21. The number of carbonyl (C=O) groups is 1. The van der Waals surface area contributed by atoms with Crippen LogP contribution in [0.4, 0.5) is 0 Å². The number of hydrogen-bond acceptors (Lipinski definition) is 3. The number of hydrogen-bond donors (Lipinski definition) is 1. The number of ether oxygens (including phenoxy) is 1. The second-order valence-corrected chi connectivity index (χ2v) is 6.40. The van der Waals surface area contributed by atoms with Crippen molar-refractivity contribution in [3.8, 4) is 5.75 Å². The first-order chi connectivity index (χ1) is 10.5. The number of piperidine rings is 1. The van der Waals surface area contributed by atoms with Gasteiger partial charge in [0.05, 0.1) is 13.0 Å². The van der Waals surface area contributed by atoms with Gasteiger partial charge in [0.15, 0.2) is 0 Å². The Bertz CT molecular complexity index is 514. The fraction of sp³-hybridized carbons (Fsp3) is 0.611. The molecule has 0 unspecified atom stereocenters. The first-order valence-corrected chi connectivity index (χ1v) is 8.21. The fourth-order valence-electron chi connectivity index (χ4n) is 2.95. The summed E-state index contributed by atoms with van der Waals surface area (Å²) in [5.41, 5.74) is 8.33. The number of likely N-dealkylation sites (tertiary alicyclic amines) is 1. The maximum atomic E-state index is 12.3. The molecule has 1 aromatic rings. The number of carbonyl (C=O) groups excluding carboxylic acids is 1. The predicted octanol–water partition coefficient (Wildman–Crippen LogP) is 2.66. The molecule has 0 aliphatic carbocycles. The molecule has 0 bridgehead atoms. The monoisotopic (exact) mass is 304 g/mol. The van der Waals surface area contributed by atoms with E-state index in [0.717, 1.165) is 37.2 Å². The third-order valence-corrected chi connectivity index (χ3v) is 4.68. The summed E-state index contributed by atoms with van der Waals surface area (Å²) in [4.78, 5) is 14.3. The van der Waals surface area contributed by atoms with E-state index >= 15 is 0 Å². The predicted molar refractivity (Wildman–Crippen MR) is 89.0 cm³/mol. The van der Waals surface area contributed by atoms with E-state index in [1.807, 2.05) is 30.9 Å². The van der Waals surface area contributed by atoms with Gasteiger partial charge in [-0.3, -0.25) is 4.79 Å². The van der Waals surface area contributed by atoms with Crippen LogP contribution in [-0.4, -0.2) is 36.5 Å². The van der Waals surface area contributed by atoms with Crippen LogP contribution in [0.25, 0.3) is 0 Å². The number of benzene rings is 1. The summed E-state index contributed by atoms with van der Waals surface area (Å²) in [6.45, 7) is 8.22. The zero-order valence-electron chi connectivity index (χ0n) is 14.0. The Balaban J connectivity index is 1.81. The van der Waals surface area contributed by atoms with Gasteiger partial charge in [-0.25, -0.2) is 0 Å². The highest BCUT2D eigenvalue weighted by Gasteiger charge is 2.25. The van der Waals surface area contributed by atoms with Crippen LogP contribution in [-0.2, 0) is 4.79 Å². The Labute approximate surface area is 133 Å². The van der Waals surface area contributed by atoms with E-state index in [0.29, 0.717) is 18.9 Å². The van der Waals surface area contributed by atoms with Gasteiger partial charge in [-0.2, -0.15) is 0 Å². The minimum absolute atomic E-state index is 0.154. The molecule has 0 spiro atoms. The summed E-state index contributed by atoms with van der Waals surface area (Å²) in [5, 5.41) is 0. The lowest BCUT2D eigenvalue weighted by Gasteiger charge is -2.34. The van der Waals surface area contributed by atoms with Gasteiger partial charge in [0, 0.05) is 19.1 Å². The van der Waals surface area contributed by atoms with Crippen molar-refractivity contribution in [3.63, 3.8) is 0 Å². The van der Waals surface area contributed by atoms with Crippen molar-refractivity contribution in [3.05, 3.63) is 29.3 Å². The van der Waals surface area contributed by atoms with Crippen molar-refractivity contribution in [1.82, 2.24) is 4.90 Å². The molecule has 1 saturated heterocycles. The lowest BCUT2D eigenvalue weighted by atomic mass is 9.92. The Morgan fingerprint density at radius 2 is 2.23 bits per heavy atom. The highest BCUT2D eigenvalue weighted by Crippen LogP contribution is 2.22. The van der Waals surface area contributed by atoms with Gasteiger partial charge in [0.2, 0.25) is 5.91 Å². The molecule has 2 rings (SSSR count). The number of aryl methyl sites for hydroxylation is 1. The average molecular weight is 304 g/mol. The summed E-state index contributed by atoms with van der Waals surface area (Å²) < 4.78 is 5.78. The van der Waals surface area contributed by atoms with Crippen LogP contribution in [0.5, 0.6) is 5.75 Å². The molecule has 22 heavy (non-hydrogen) atoms. The van der Waals surface area contributed by atoms with E-state index in [4.69, 9.17) is 10.5 Å². The second-order valence-electron chi connectivity index (χ2n) is 6.40. The van der Waals surface area contributed by atoms with E-state index in [2.05, 4.69) is 13.0 Å². The lowest BCUT2D eigenvalue weighted by Crippen LogP contribution is -2.45. The Kier molecular flexibility index (Phi) is 5.83. The third-order valence-electron chi connectivity index (χ3n) is 4.68. The second kappa shape index (κ2) is 7.63. The largest absolute Gasteiger partial charge is 0.493 e. The zero-order valence-corrected chi connectivity index (χ0v) is 14.0. The molecule has 0 aromatic heterocycles. The van der Waals surface area contributed by atoms with Gasteiger partial charge < -0.3 is 15.4 Å². The molecule has 1 aromatic carbocycles. The molecular weight excluding hydrogens is 276 g/mol. The molecule has 1 heterocycles. The summed E-state index contributed by atoms with van der Waals surface area (Å²) >= 11 is 0. The molecular formula is C18H28N2O2. The van der Waals surface area contributed by atoms with Crippen molar-refractivity contribution in [2.45, 2.75) is 46.1 Å². The minimum atomic E-state index is 0.154. The molecule has 1 aliphatic rings. The lowest BCUT2D eigenvalue weighted by molar-refractivity contribution is -0.133. The van der Waals surface area contributed by atoms with E-state index in [1.54, 1.807) is 0 Å². The van der Waals surface area contributed by atoms with Crippen molar-refractivity contribution in [2.24, 2.45) is 11.7 Å². The summed E-state index contributed by atoms with van der Waals surface area (Å²) in [6.07, 6.45) is 2.61. The molecule has 0 radical (unpaired) electrons. The number of nitrogens with zero attached hydrogens (tertiary/aromatic N) is 1. The highest BCUT2D eigenvalue weighted by atomic mass is 16.5. The fourth-order valence-corrected chi connectivity index (χ4v) is 2.95. The molecule has 1 amide bonds. The molecule has 2 atom stereocenters. The minimum Gasteiger partial charge on any atom is -0.493 e. The SMILES string of the molecule is Cc1cccc(OCCC(=O)N2CCC[C@H]([C@H](C)N)C2)c1C. The van der Waals surface area contributed by atoms with Crippen molar-refractivity contribution in [2.75, 3.05) is 19.7 Å². The van der Waals surface area contributed by atoms with Crippen LogP contribution >= 0.6 is 0 Å². The van der Waals surface area contributed by atoms with Crippen LogP contribution < -0.4 is 10.5 Å². The number of rotatable bonds is 5. The van der Waals surface area contributed by atoms with Gasteiger partial charge in [0.1, 0.15) is 5.75 Å². The zero-order chi connectivity index (χ0) is 16.1. The first kappa shape index (κ1) is 16.8. The maximum Gasteiger partial charge on any atom is 0.226 e. The smallest absolute Gasteiger partial charge is 0.226 e. The summed E-state index contributed by atoms with van der Waals surface area (Å²) in [6, 6.07) is 6.16. The van der Waals surface area contributed by atoms with Gasteiger partial charge in [-0.1, -0.05) is 12.1 Å². The maximum absolute atomic E-state index is 12.3. The van der Waals surface area contributed by atoms with Crippen LogP contribution in [0.3, 0.4) is 0 Å². The van der Waals surface area contributed by atoms with E-state index in [1.165, 1.54) is 5.56 Å².